The van der Waals surface area contributed by atoms with Gasteiger partial charge in [0.2, 0.25) is 0 Å². The predicted octanol–water partition coefficient (Wildman–Crippen LogP) is 6.89. The summed E-state index contributed by atoms with van der Waals surface area (Å²) in [6.07, 6.45) is 0. The summed E-state index contributed by atoms with van der Waals surface area (Å²) in [5.41, 5.74) is -6.01. The molecule has 0 aliphatic heterocycles. The van der Waals surface area contributed by atoms with Gasteiger partial charge in [-0.15, -0.1) is 0 Å². The van der Waals surface area contributed by atoms with Crippen LogP contribution in [0.25, 0.3) is 32.7 Å². The van der Waals surface area contributed by atoms with E-state index in [0.717, 1.165) is 13.2 Å². The molecular formula is C30H19F3O7S. The predicted molar refractivity (Wildman–Crippen MR) is 145 cm³/mol. The van der Waals surface area contributed by atoms with Crippen molar-refractivity contribution in [2.24, 2.45) is 0 Å². The molecule has 0 unspecified atom stereocenters. The molecule has 208 valence electrons. The maximum atomic E-state index is 13.4. The third-order valence-electron chi connectivity index (χ3n) is 6.23. The minimum atomic E-state index is -6.11. The zero-order valence-electron chi connectivity index (χ0n) is 21.1. The van der Waals surface area contributed by atoms with Crippen LogP contribution in [0.3, 0.4) is 0 Å². The Balaban J connectivity index is 1.92. The molecule has 11 heteroatoms. The van der Waals surface area contributed by atoms with Crippen molar-refractivity contribution in [2.45, 2.75) is 5.51 Å². The lowest BCUT2D eigenvalue weighted by Crippen LogP contribution is -2.28. The molecule has 0 saturated carbocycles. The van der Waals surface area contributed by atoms with Gasteiger partial charge in [0, 0.05) is 11.1 Å². The summed E-state index contributed by atoms with van der Waals surface area (Å²) in [5.74, 6) is -2.82. The Morgan fingerprint density at radius 2 is 1.29 bits per heavy atom. The molecule has 0 spiro atoms. The number of carbonyl (C=O) groups is 2. The Kier molecular flexibility index (Phi) is 7.14. The summed E-state index contributed by atoms with van der Waals surface area (Å²) in [5, 5.41) is 1.54. The standard InChI is InChI=1S/C30H19F3O7S/c1-38-29(35)23-17-20-12-6-8-14-22(20)26(27(23)39-28(34)19-10-3-2-4-11-19)25-21-13-7-5-9-18(21)15-16-24(25)40-41(36,37)30(31,32)33/h2-17H,1H3. The summed E-state index contributed by atoms with van der Waals surface area (Å²) < 4.78 is 80.0. The smallest absolute Gasteiger partial charge is 0.465 e. The number of benzene rings is 5. The molecule has 0 atom stereocenters. The van der Waals surface area contributed by atoms with E-state index in [1.165, 1.54) is 24.3 Å². The van der Waals surface area contributed by atoms with Gasteiger partial charge in [-0.25, -0.2) is 9.59 Å². The van der Waals surface area contributed by atoms with E-state index in [-0.39, 0.29) is 33.4 Å². The number of halogens is 3. The first-order valence-corrected chi connectivity index (χ1v) is 13.4. The second-order valence-corrected chi connectivity index (χ2v) is 10.3. The van der Waals surface area contributed by atoms with E-state index in [0.29, 0.717) is 16.2 Å². The molecule has 0 N–H and O–H groups in total. The molecule has 7 nitrogen and oxygen atoms in total. The van der Waals surface area contributed by atoms with Gasteiger partial charge in [0.15, 0.2) is 11.5 Å². The number of esters is 2. The van der Waals surface area contributed by atoms with Gasteiger partial charge in [0.25, 0.3) is 0 Å². The molecule has 0 aliphatic rings. The van der Waals surface area contributed by atoms with Crippen LogP contribution in [0.5, 0.6) is 11.5 Å². The molecule has 0 radical (unpaired) electrons. The second kappa shape index (κ2) is 10.6. The van der Waals surface area contributed by atoms with Crippen molar-refractivity contribution < 1.29 is 44.8 Å². The van der Waals surface area contributed by atoms with Crippen LogP contribution in [0.4, 0.5) is 13.2 Å². The first kappa shape index (κ1) is 27.7. The number of carbonyl (C=O) groups excluding carboxylic acids is 2. The number of alkyl halides is 3. The summed E-state index contributed by atoms with van der Waals surface area (Å²) >= 11 is 0. The Bertz CT molecular complexity index is 1920. The van der Waals surface area contributed by atoms with Gasteiger partial charge in [-0.2, -0.15) is 21.6 Å². The highest BCUT2D eigenvalue weighted by atomic mass is 32.2. The summed E-state index contributed by atoms with van der Waals surface area (Å²) in [4.78, 5) is 26.3. The third kappa shape index (κ3) is 5.19. The van der Waals surface area contributed by atoms with Crippen molar-refractivity contribution in [2.75, 3.05) is 7.11 Å². The molecule has 41 heavy (non-hydrogen) atoms. The van der Waals surface area contributed by atoms with Gasteiger partial charge in [-0.1, -0.05) is 72.8 Å². The molecule has 5 aromatic carbocycles. The van der Waals surface area contributed by atoms with Gasteiger partial charge in [-0.05, 0) is 45.8 Å². The van der Waals surface area contributed by atoms with Crippen LogP contribution in [0, 0.1) is 0 Å². The topological polar surface area (TPSA) is 96.0 Å². The van der Waals surface area contributed by atoms with E-state index < -0.39 is 33.3 Å². The molecule has 5 aromatic rings. The molecule has 0 aromatic heterocycles. The van der Waals surface area contributed by atoms with Gasteiger partial charge < -0.3 is 13.7 Å². The van der Waals surface area contributed by atoms with Gasteiger partial charge in [0.1, 0.15) is 5.56 Å². The largest absolute Gasteiger partial charge is 0.534 e. The molecular weight excluding hydrogens is 561 g/mol. The van der Waals surface area contributed by atoms with Crippen molar-refractivity contribution in [3.05, 3.63) is 108 Å². The van der Waals surface area contributed by atoms with E-state index in [1.54, 1.807) is 66.7 Å². The SMILES string of the molecule is COC(=O)c1cc2ccccc2c(-c2c(OS(=O)(=O)C(F)(F)F)ccc3ccccc23)c1OC(=O)c1ccccc1. The minimum absolute atomic E-state index is 0.0445. The van der Waals surface area contributed by atoms with Crippen molar-refractivity contribution in [1.29, 1.82) is 0 Å². The molecule has 0 heterocycles. The van der Waals surface area contributed by atoms with E-state index >= 15 is 0 Å². The van der Waals surface area contributed by atoms with Crippen LogP contribution in [0.15, 0.2) is 97.1 Å². The fraction of sp³-hybridized carbons (Fsp3) is 0.0667. The highest BCUT2D eigenvalue weighted by molar-refractivity contribution is 7.88. The quantitative estimate of drug-likeness (QED) is 0.0934. The average molecular weight is 581 g/mol. The van der Waals surface area contributed by atoms with Crippen LogP contribution < -0.4 is 8.92 Å². The summed E-state index contributed by atoms with van der Waals surface area (Å²) in [7, 11) is -5.00. The maximum Gasteiger partial charge on any atom is 0.534 e. The van der Waals surface area contributed by atoms with Gasteiger partial charge in [-0.3, -0.25) is 0 Å². The van der Waals surface area contributed by atoms with Crippen molar-refractivity contribution in [3.63, 3.8) is 0 Å². The molecule has 0 bridgehead atoms. The molecule has 0 fully saturated rings. The second-order valence-electron chi connectivity index (χ2n) is 8.74. The molecule has 0 amide bonds. The summed E-state index contributed by atoms with van der Waals surface area (Å²) in [6.45, 7) is 0. The number of rotatable bonds is 6. The number of hydrogen-bond acceptors (Lipinski definition) is 7. The minimum Gasteiger partial charge on any atom is -0.465 e. The lowest BCUT2D eigenvalue weighted by Gasteiger charge is -2.21. The van der Waals surface area contributed by atoms with Gasteiger partial charge in [0.05, 0.1) is 12.7 Å². The van der Waals surface area contributed by atoms with Crippen LogP contribution in [-0.2, 0) is 14.9 Å². The summed E-state index contributed by atoms with van der Waals surface area (Å²) in [6, 6.07) is 24.7. The zero-order valence-corrected chi connectivity index (χ0v) is 22.0. The average Bonchev–Trinajstić information content (AvgIpc) is 2.96. The number of fused-ring (bicyclic) bond motifs is 2. The van der Waals surface area contributed by atoms with Crippen molar-refractivity contribution in [3.8, 4) is 22.6 Å². The van der Waals surface area contributed by atoms with E-state index in [9.17, 15) is 31.2 Å². The number of hydrogen-bond donors (Lipinski definition) is 0. The van der Waals surface area contributed by atoms with Crippen LogP contribution >= 0.6 is 0 Å². The van der Waals surface area contributed by atoms with Crippen LogP contribution in [0.2, 0.25) is 0 Å². The van der Waals surface area contributed by atoms with Crippen molar-refractivity contribution >= 4 is 43.6 Å². The van der Waals surface area contributed by atoms with E-state index in [2.05, 4.69) is 4.18 Å². The molecule has 0 aliphatic carbocycles. The first-order chi connectivity index (χ1) is 19.5. The molecule has 0 saturated heterocycles. The molecule has 5 rings (SSSR count). The Labute approximate surface area is 231 Å². The monoisotopic (exact) mass is 580 g/mol. The van der Waals surface area contributed by atoms with E-state index in [1.807, 2.05) is 0 Å². The highest BCUT2D eigenvalue weighted by Gasteiger charge is 2.49. The van der Waals surface area contributed by atoms with Crippen molar-refractivity contribution in [1.82, 2.24) is 0 Å². The Morgan fingerprint density at radius 1 is 0.707 bits per heavy atom. The fourth-order valence-corrected chi connectivity index (χ4v) is 4.88. The highest BCUT2D eigenvalue weighted by Crippen LogP contribution is 2.48. The Morgan fingerprint density at radius 3 is 1.93 bits per heavy atom. The van der Waals surface area contributed by atoms with Crippen LogP contribution in [-0.4, -0.2) is 33.0 Å². The lowest BCUT2D eigenvalue weighted by molar-refractivity contribution is -0.0499. The fourth-order valence-electron chi connectivity index (χ4n) is 4.41. The Hall–Kier alpha value is -4.90. The normalized spacial score (nSPS) is 11.8. The maximum absolute atomic E-state index is 13.4. The van der Waals surface area contributed by atoms with Gasteiger partial charge >= 0.3 is 27.6 Å². The lowest BCUT2D eigenvalue weighted by atomic mass is 9.90. The number of methoxy groups -OCH3 is 1. The van der Waals surface area contributed by atoms with E-state index in [4.69, 9.17) is 9.47 Å². The third-order valence-corrected chi connectivity index (χ3v) is 7.20. The van der Waals surface area contributed by atoms with Crippen LogP contribution in [0.1, 0.15) is 20.7 Å². The first-order valence-electron chi connectivity index (χ1n) is 12.0. The number of ether oxygens (including phenoxy) is 2. The zero-order chi connectivity index (χ0) is 29.4.